The Morgan fingerprint density at radius 2 is 2.22 bits per heavy atom. The molecule has 2 N–H and O–H groups in total. The highest BCUT2D eigenvalue weighted by Gasteiger charge is 2.23. The molecule has 0 amide bonds. The number of hydrogen-bond donors (Lipinski definition) is 2. The van der Waals surface area contributed by atoms with Gasteiger partial charge in [0.15, 0.2) is 0 Å². The van der Waals surface area contributed by atoms with Gasteiger partial charge in [0.1, 0.15) is 5.56 Å². The number of aliphatic hydroxyl groups is 1. The van der Waals surface area contributed by atoms with Crippen molar-refractivity contribution < 1.29 is 19.9 Å². The van der Waals surface area contributed by atoms with Gasteiger partial charge in [-0.1, -0.05) is 19.1 Å². The summed E-state index contributed by atoms with van der Waals surface area (Å²) in [4.78, 5) is 21.2. The number of nitro benzene ring substituents is 1. The average molecular weight is 271 g/mol. The van der Waals surface area contributed by atoms with E-state index in [-0.39, 0.29) is 17.4 Å². The van der Waals surface area contributed by atoms with Crippen LogP contribution in [-0.2, 0) is 5.75 Å². The lowest BCUT2D eigenvalue weighted by Crippen LogP contribution is -2.08. The molecule has 0 fully saturated rings. The maximum absolute atomic E-state index is 11.1. The largest absolute Gasteiger partial charge is 0.477 e. The third kappa shape index (κ3) is 3.44. The molecule has 7 heteroatoms. The lowest BCUT2D eigenvalue weighted by atomic mass is 10.1. The first-order valence-corrected chi connectivity index (χ1v) is 6.24. The molecular weight excluding hydrogens is 258 g/mol. The number of carbonyl (C=O) groups is 1. The maximum atomic E-state index is 11.1. The van der Waals surface area contributed by atoms with Crippen LogP contribution in [0.4, 0.5) is 5.69 Å². The van der Waals surface area contributed by atoms with Gasteiger partial charge in [-0.25, -0.2) is 4.79 Å². The van der Waals surface area contributed by atoms with Crippen molar-refractivity contribution >= 4 is 23.4 Å². The molecule has 0 saturated heterocycles. The molecule has 0 aliphatic heterocycles. The molecule has 1 aromatic carbocycles. The van der Waals surface area contributed by atoms with Crippen molar-refractivity contribution in [1.82, 2.24) is 0 Å². The molecule has 0 aliphatic carbocycles. The molecule has 0 heterocycles. The van der Waals surface area contributed by atoms with Gasteiger partial charge < -0.3 is 10.2 Å². The van der Waals surface area contributed by atoms with Crippen LogP contribution < -0.4 is 0 Å². The van der Waals surface area contributed by atoms with Gasteiger partial charge in [-0.15, -0.1) is 0 Å². The fourth-order valence-electron chi connectivity index (χ4n) is 1.39. The minimum atomic E-state index is -1.31. The Morgan fingerprint density at radius 3 is 2.72 bits per heavy atom. The van der Waals surface area contributed by atoms with E-state index in [1.165, 1.54) is 23.9 Å². The van der Waals surface area contributed by atoms with Gasteiger partial charge in [-0.3, -0.25) is 10.1 Å². The Labute approximate surface area is 108 Å². The SMILES string of the molecule is CC(CO)SCc1cccc([N+](=O)[O-])c1C(=O)O. The van der Waals surface area contributed by atoms with E-state index in [0.29, 0.717) is 11.3 Å². The third-order valence-electron chi connectivity index (χ3n) is 2.32. The van der Waals surface area contributed by atoms with Crippen molar-refractivity contribution in [2.75, 3.05) is 6.61 Å². The normalized spacial score (nSPS) is 12.1. The number of nitro groups is 1. The second-order valence-electron chi connectivity index (χ2n) is 3.68. The van der Waals surface area contributed by atoms with E-state index in [1.807, 2.05) is 0 Å². The van der Waals surface area contributed by atoms with E-state index >= 15 is 0 Å². The maximum Gasteiger partial charge on any atom is 0.343 e. The molecule has 0 radical (unpaired) electrons. The summed E-state index contributed by atoms with van der Waals surface area (Å²) in [6.07, 6.45) is 0. The molecule has 1 aromatic rings. The lowest BCUT2D eigenvalue weighted by molar-refractivity contribution is -0.385. The van der Waals surface area contributed by atoms with E-state index in [2.05, 4.69) is 0 Å². The number of carboxylic acid groups (broad SMARTS) is 1. The number of nitrogens with zero attached hydrogens (tertiary/aromatic N) is 1. The van der Waals surface area contributed by atoms with E-state index in [0.717, 1.165) is 0 Å². The predicted octanol–water partition coefficient (Wildman–Crippen LogP) is 1.91. The number of carboxylic acids is 1. The molecule has 1 atom stereocenters. The van der Waals surface area contributed by atoms with Crippen molar-refractivity contribution in [2.24, 2.45) is 0 Å². The van der Waals surface area contributed by atoms with Gasteiger partial charge in [0.2, 0.25) is 0 Å². The minimum Gasteiger partial charge on any atom is -0.477 e. The number of hydrogen-bond acceptors (Lipinski definition) is 5. The van der Waals surface area contributed by atoms with Crippen molar-refractivity contribution in [3.63, 3.8) is 0 Å². The molecule has 0 bridgehead atoms. The Hall–Kier alpha value is -1.60. The number of aromatic carboxylic acids is 1. The second kappa shape index (κ2) is 6.36. The third-order valence-corrected chi connectivity index (χ3v) is 3.52. The molecule has 1 unspecified atom stereocenters. The topological polar surface area (TPSA) is 101 Å². The predicted molar refractivity (Wildman–Crippen MR) is 67.9 cm³/mol. The van der Waals surface area contributed by atoms with Gasteiger partial charge in [-0.05, 0) is 5.56 Å². The first-order valence-electron chi connectivity index (χ1n) is 5.19. The Kier molecular flexibility index (Phi) is 5.11. The van der Waals surface area contributed by atoms with Crippen LogP contribution in [0, 0.1) is 10.1 Å². The van der Waals surface area contributed by atoms with Crippen molar-refractivity contribution in [3.05, 3.63) is 39.4 Å². The molecule has 0 aliphatic rings. The van der Waals surface area contributed by atoms with Gasteiger partial charge in [-0.2, -0.15) is 11.8 Å². The first kappa shape index (κ1) is 14.5. The van der Waals surface area contributed by atoms with Crippen LogP contribution in [0.2, 0.25) is 0 Å². The van der Waals surface area contributed by atoms with Crippen molar-refractivity contribution in [1.29, 1.82) is 0 Å². The van der Waals surface area contributed by atoms with Crippen LogP contribution in [-0.4, -0.2) is 33.0 Å². The van der Waals surface area contributed by atoms with E-state index in [4.69, 9.17) is 10.2 Å². The summed E-state index contributed by atoms with van der Waals surface area (Å²) in [6, 6.07) is 4.19. The van der Waals surface area contributed by atoms with Crippen LogP contribution in [0.1, 0.15) is 22.8 Å². The van der Waals surface area contributed by atoms with Crippen LogP contribution in [0.15, 0.2) is 18.2 Å². The van der Waals surface area contributed by atoms with Crippen LogP contribution >= 0.6 is 11.8 Å². The fourth-order valence-corrected chi connectivity index (χ4v) is 2.20. The van der Waals surface area contributed by atoms with Crippen LogP contribution in [0.25, 0.3) is 0 Å². The Morgan fingerprint density at radius 1 is 1.56 bits per heavy atom. The van der Waals surface area contributed by atoms with E-state index in [1.54, 1.807) is 13.0 Å². The summed E-state index contributed by atoms with van der Waals surface area (Å²) in [6.45, 7) is 1.77. The molecule has 0 spiro atoms. The molecule has 6 nitrogen and oxygen atoms in total. The van der Waals surface area contributed by atoms with Gasteiger partial charge >= 0.3 is 5.97 Å². The van der Waals surface area contributed by atoms with E-state index < -0.39 is 16.6 Å². The first-order chi connectivity index (χ1) is 8.47. The van der Waals surface area contributed by atoms with Gasteiger partial charge in [0.25, 0.3) is 5.69 Å². The van der Waals surface area contributed by atoms with E-state index in [9.17, 15) is 14.9 Å². The molecular formula is C11H13NO5S. The highest BCUT2D eigenvalue weighted by Crippen LogP contribution is 2.26. The van der Waals surface area contributed by atoms with Gasteiger partial charge in [0, 0.05) is 17.1 Å². The van der Waals surface area contributed by atoms with Crippen LogP contribution in [0.3, 0.4) is 0 Å². The monoisotopic (exact) mass is 271 g/mol. The Balaban J connectivity index is 3.07. The molecule has 18 heavy (non-hydrogen) atoms. The highest BCUT2D eigenvalue weighted by molar-refractivity contribution is 7.99. The van der Waals surface area contributed by atoms with Crippen molar-refractivity contribution in [2.45, 2.75) is 17.9 Å². The number of rotatable bonds is 6. The zero-order valence-electron chi connectivity index (χ0n) is 9.70. The summed E-state index contributed by atoms with van der Waals surface area (Å²) in [5.41, 5.74) is -0.292. The summed E-state index contributed by atoms with van der Waals surface area (Å²) in [7, 11) is 0. The summed E-state index contributed by atoms with van der Waals surface area (Å²) in [5.74, 6) is -1.00. The number of benzene rings is 1. The average Bonchev–Trinajstić information content (AvgIpc) is 2.34. The smallest absolute Gasteiger partial charge is 0.343 e. The second-order valence-corrected chi connectivity index (χ2v) is 5.10. The zero-order chi connectivity index (χ0) is 13.7. The molecule has 0 aromatic heterocycles. The summed E-state index contributed by atoms with van der Waals surface area (Å²) in [5, 5.41) is 28.7. The minimum absolute atomic E-state index is 0.0258. The molecule has 0 saturated carbocycles. The summed E-state index contributed by atoms with van der Waals surface area (Å²) >= 11 is 1.35. The van der Waals surface area contributed by atoms with Gasteiger partial charge in [0.05, 0.1) is 11.5 Å². The number of aliphatic hydroxyl groups excluding tert-OH is 1. The lowest BCUT2D eigenvalue weighted by Gasteiger charge is -2.09. The highest BCUT2D eigenvalue weighted by atomic mass is 32.2. The fraction of sp³-hybridized carbons (Fsp3) is 0.364. The van der Waals surface area contributed by atoms with Crippen LogP contribution in [0.5, 0.6) is 0 Å². The zero-order valence-corrected chi connectivity index (χ0v) is 10.5. The Bertz CT molecular complexity index is 463. The summed E-state index contributed by atoms with van der Waals surface area (Å²) < 4.78 is 0. The quantitative estimate of drug-likeness (QED) is 0.605. The standard InChI is InChI=1S/C11H13NO5S/c1-7(5-13)18-6-8-3-2-4-9(12(16)17)10(8)11(14)15/h2-4,7,13H,5-6H2,1H3,(H,14,15). The number of thioether (sulfide) groups is 1. The van der Waals surface area contributed by atoms with Crippen molar-refractivity contribution in [3.8, 4) is 0 Å². The molecule has 98 valence electrons. The molecule has 1 rings (SSSR count).